The number of aryl methyl sites for hydroxylation is 1. The minimum atomic E-state index is -0.576. The van der Waals surface area contributed by atoms with Crippen LogP contribution in [0.5, 0.6) is 5.75 Å². The summed E-state index contributed by atoms with van der Waals surface area (Å²) in [6.45, 7) is 7.47. The molecule has 2 amide bonds. The molecule has 1 atom stereocenters. The number of imidazole rings is 1. The average molecular weight is 565 g/mol. The molecule has 1 aliphatic carbocycles. The SMILES string of the molecule is COc1cc(C(=O)N2CCC[C@@H](NC(=O)OC(C)(C)C)C2)cc2nc(-c3cc4scnc4n3CC3CC3)n(C)c12. The summed E-state index contributed by atoms with van der Waals surface area (Å²) in [7, 11) is 3.61. The maximum Gasteiger partial charge on any atom is 0.407 e. The van der Waals surface area contributed by atoms with Gasteiger partial charge >= 0.3 is 6.09 Å². The molecular weight excluding hydrogens is 528 g/mol. The predicted molar refractivity (Wildman–Crippen MR) is 155 cm³/mol. The molecule has 1 N–H and O–H groups in total. The van der Waals surface area contributed by atoms with Gasteiger partial charge in [0.2, 0.25) is 0 Å². The van der Waals surface area contributed by atoms with Gasteiger partial charge in [0, 0.05) is 38.3 Å². The lowest BCUT2D eigenvalue weighted by molar-refractivity contribution is 0.0452. The zero-order chi connectivity index (χ0) is 28.2. The molecule has 4 heterocycles. The van der Waals surface area contributed by atoms with Crippen LogP contribution in [-0.4, -0.2) is 67.8 Å². The molecule has 1 aromatic carbocycles. The Labute approximate surface area is 237 Å². The molecule has 6 rings (SSSR count). The number of amides is 2. The number of aromatic nitrogens is 4. The standard InChI is InChI=1S/C29H36N6O4S/c1-29(2,3)39-28(37)31-19-7-6-10-34(15-19)27(36)18-11-20-24(22(12-18)38-5)33(4)25(32-20)21-13-23-26(30-16-40-23)35(21)14-17-8-9-17/h11-13,16-17,19H,6-10,14-15H2,1-5H3,(H,31,37)/t19-/m1/s1. The fourth-order valence-corrected chi connectivity index (χ4v) is 6.26. The zero-order valence-electron chi connectivity index (χ0n) is 23.7. The third-order valence-corrected chi connectivity index (χ3v) is 8.35. The fourth-order valence-electron chi connectivity index (χ4n) is 5.55. The largest absolute Gasteiger partial charge is 0.494 e. The van der Waals surface area contributed by atoms with Crippen LogP contribution >= 0.6 is 11.3 Å². The van der Waals surface area contributed by atoms with Gasteiger partial charge in [-0.25, -0.2) is 14.8 Å². The van der Waals surface area contributed by atoms with Crippen molar-refractivity contribution in [3.8, 4) is 17.3 Å². The number of rotatable bonds is 6. The van der Waals surface area contributed by atoms with E-state index in [9.17, 15) is 9.59 Å². The summed E-state index contributed by atoms with van der Waals surface area (Å²) in [4.78, 5) is 37.4. The fraction of sp³-hybridized carbons (Fsp3) is 0.517. The number of ether oxygens (including phenoxy) is 2. The highest BCUT2D eigenvalue weighted by Gasteiger charge is 2.30. The van der Waals surface area contributed by atoms with Crippen LogP contribution < -0.4 is 10.1 Å². The molecule has 1 saturated heterocycles. The summed E-state index contributed by atoms with van der Waals surface area (Å²) in [5, 5.41) is 2.92. The molecule has 1 aliphatic heterocycles. The molecule has 0 radical (unpaired) electrons. The summed E-state index contributed by atoms with van der Waals surface area (Å²) in [6, 6.07) is 5.65. The van der Waals surface area contributed by atoms with Crippen molar-refractivity contribution in [1.29, 1.82) is 0 Å². The number of hydrogen-bond donors (Lipinski definition) is 1. The van der Waals surface area contributed by atoms with Crippen molar-refractivity contribution in [3.63, 3.8) is 0 Å². The maximum absolute atomic E-state index is 13.7. The van der Waals surface area contributed by atoms with E-state index in [4.69, 9.17) is 14.5 Å². The van der Waals surface area contributed by atoms with Gasteiger partial charge in [0.1, 0.15) is 16.9 Å². The van der Waals surface area contributed by atoms with E-state index in [2.05, 4.69) is 20.9 Å². The van der Waals surface area contributed by atoms with Gasteiger partial charge in [0.15, 0.2) is 11.5 Å². The Morgan fingerprint density at radius 1 is 1.18 bits per heavy atom. The summed E-state index contributed by atoms with van der Waals surface area (Å²) >= 11 is 1.64. The first kappa shape index (κ1) is 26.6. The number of likely N-dealkylation sites (tertiary alicyclic amines) is 1. The molecule has 2 aliphatic rings. The van der Waals surface area contributed by atoms with Crippen LogP contribution in [0.2, 0.25) is 0 Å². The van der Waals surface area contributed by atoms with Gasteiger partial charge in [0.05, 0.1) is 28.5 Å². The van der Waals surface area contributed by atoms with Crippen LogP contribution in [0.3, 0.4) is 0 Å². The molecule has 0 spiro atoms. The van der Waals surface area contributed by atoms with Gasteiger partial charge in [0.25, 0.3) is 5.91 Å². The van der Waals surface area contributed by atoms with Crippen LogP contribution in [0, 0.1) is 5.92 Å². The van der Waals surface area contributed by atoms with Crippen molar-refractivity contribution in [2.24, 2.45) is 13.0 Å². The molecule has 40 heavy (non-hydrogen) atoms. The molecule has 3 aromatic heterocycles. The smallest absolute Gasteiger partial charge is 0.407 e. The van der Waals surface area contributed by atoms with Gasteiger partial charge in [-0.2, -0.15) is 0 Å². The van der Waals surface area contributed by atoms with Crippen molar-refractivity contribution in [2.75, 3.05) is 20.2 Å². The molecule has 2 fully saturated rings. The Morgan fingerprint density at radius 2 is 1.98 bits per heavy atom. The highest BCUT2D eigenvalue weighted by atomic mass is 32.1. The minimum Gasteiger partial charge on any atom is -0.494 e. The number of methoxy groups -OCH3 is 1. The highest BCUT2D eigenvalue weighted by Crippen LogP contribution is 2.38. The number of carbonyl (C=O) groups excluding carboxylic acids is 2. The van der Waals surface area contributed by atoms with Crippen LogP contribution in [0.1, 0.15) is 56.8 Å². The number of piperidine rings is 1. The number of alkyl carbamates (subject to hydrolysis) is 1. The molecular formula is C29H36N6O4S. The quantitative estimate of drug-likeness (QED) is 0.345. The van der Waals surface area contributed by atoms with Crippen LogP contribution in [0.25, 0.3) is 32.9 Å². The normalized spacial score (nSPS) is 17.9. The van der Waals surface area contributed by atoms with E-state index in [-0.39, 0.29) is 11.9 Å². The van der Waals surface area contributed by atoms with Gasteiger partial charge < -0.3 is 28.8 Å². The summed E-state index contributed by atoms with van der Waals surface area (Å²) < 4.78 is 16.7. The van der Waals surface area contributed by atoms with E-state index >= 15 is 0 Å². The third-order valence-electron chi connectivity index (χ3n) is 7.59. The van der Waals surface area contributed by atoms with E-state index < -0.39 is 11.7 Å². The molecule has 11 heteroatoms. The zero-order valence-corrected chi connectivity index (χ0v) is 24.5. The summed E-state index contributed by atoms with van der Waals surface area (Å²) in [5.41, 5.74) is 5.41. The van der Waals surface area contributed by atoms with Crippen molar-refractivity contribution in [1.82, 2.24) is 29.3 Å². The Kier molecular flexibility index (Phi) is 6.72. The van der Waals surface area contributed by atoms with Crippen LogP contribution in [0.15, 0.2) is 23.7 Å². The number of nitrogens with one attached hydrogen (secondary N) is 1. The van der Waals surface area contributed by atoms with Crippen LogP contribution in [0.4, 0.5) is 4.79 Å². The minimum absolute atomic E-state index is 0.107. The Balaban J connectivity index is 1.30. The van der Waals surface area contributed by atoms with Crippen molar-refractivity contribution in [3.05, 3.63) is 29.3 Å². The molecule has 0 unspecified atom stereocenters. The molecule has 212 valence electrons. The van der Waals surface area contributed by atoms with Gasteiger partial charge in [-0.3, -0.25) is 4.79 Å². The van der Waals surface area contributed by atoms with Gasteiger partial charge in [-0.15, -0.1) is 11.3 Å². The van der Waals surface area contributed by atoms with Gasteiger partial charge in [-0.05, 0) is 70.6 Å². The molecule has 1 saturated carbocycles. The number of thiazole rings is 1. The number of benzene rings is 1. The second-order valence-corrected chi connectivity index (χ2v) is 12.8. The monoisotopic (exact) mass is 564 g/mol. The second kappa shape index (κ2) is 10.1. The van der Waals surface area contributed by atoms with E-state index in [1.165, 1.54) is 12.8 Å². The van der Waals surface area contributed by atoms with E-state index in [0.29, 0.717) is 35.8 Å². The first-order valence-corrected chi connectivity index (χ1v) is 14.8. The number of fused-ring (bicyclic) bond motifs is 2. The third kappa shape index (κ3) is 5.14. The second-order valence-electron chi connectivity index (χ2n) is 11.9. The first-order chi connectivity index (χ1) is 19.1. The molecule has 0 bridgehead atoms. The number of nitrogens with zero attached hydrogens (tertiary/aromatic N) is 5. The Morgan fingerprint density at radius 3 is 2.70 bits per heavy atom. The lowest BCUT2D eigenvalue weighted by Crippen LogP contribution is -2.50. The topological polar surface area (TPSA) is 104 Å². The highest BCUT2D eigenvalue weighted by molar-refractivity contribution is 7.16. The molecule has 10 nitrogen and oxygen atoms in total. The Bertz CT molecular complexity index is 1590. The summed E-state index contributed by atoms with van der Waals surface area (Å²) in [5.74, 6) is 2.00. The lowest BCUT2D eigenvalue weighted by atomic mass is 10.0. The van der Waals surface area contributed by atoms with Gasteiger partial charge in [-0.1, -0.05) is 0 Å². The van der Waals surface area contributed by atoms with E-state index in [0.717, 1.165) is 46.8 Å². The van der Waals surface area contributed by atoms with Crippen LogP contribution in [-0.2, 0) is 18.3 Å². The number of carbonyl (C=O) groups is 2. The molecule has 4 aromatic rings. The maximum atomic E-state index is 13.7. The van der Waals surface area contributed by atoms with E-state index in [1.807, 2.05) is 44.0 Å². The van der Waals surface area contributed by atoms with Crippen molar-refractivity contribution in [2.45, 2.75) is 64.6 Å². The lowest BCUT2D eigenvalue weighted by Gasteiger charge is -2.33. The predicted octanol–water partition coefficient (Wildman–Crippen LogP) is 5.20. The first-order valence-electron chi connectivity index (χ1n) is 13.9. The number of hydrogen-bond acceptors (Lipinski definition) is 7. The van der Waals surface area contributed by atoms with E-state index in [1.54, 1.807) is 29.4 Å². The Hall–Kier alpha value is -3.60. The van der Waals surface area contributed by atoms with Crippen molar-refractivity contribution < 1.29 is 19.1 Å². The average Bonchev–Trinajstić information content (AvgIpc) is 3.35. The van der Waals surface area contributed by atoms with Crippen molar-refractivity contribution >= 4 is 44.7 Å². The summed E-state index contributed by atoms with van der Waals surface area (Å²) in [6.07, 6.45) is 3.62.